The first kappa shape index (κ1) is 21.7. The lowest BCUT2D eigenvalue weighted by atomic mass is 9.79. The van der Waals surface area contributed by atoms with Gasteiger partial charge in [-0.05, 0) is 48.8 Å². The molecule has 3 aliphatic carbocycles. The van der Waals surface area contributed by atoms with Crippen LogP contribution in [0.15, 0.2) is 23.8 Å². The van der Waals surface area contributed by atoms with Crippen LogP contribution in [0.4, 0.5) is 0 Å². The van der Waals surface area contributed by atoms with Crippen molar-refractivity contribution in [3.8, 4) is 11.8 Å². The van der Waals surface area contributed by atoms with Crippen LogP contribution >= 0.6 is 0 Å². The second-order valence-corrected chi connectivity index (χ2v) is 10.1. The van der Waals surface area contributed by atoms with Crippen molar-refractivity contribution in [2.24, 2.45) is 23.2 Å². The Hall–Kier alpha value is -3.14. The molecule has 3 fully saturated rings. The summed E-state index contributed by atoms with van der Waals surface area (Å²) in [7, 11) is 1.61. The van der Waals surface area contributed by atoms with Gasteiger partial charge in [-0.3, -0.25) is 14.4 Å². The van der Waals surface area contributed by atoms with Gasteiger partial charge in [0.2, 0.25) is 11.8 Å². The Bertz CT molecular complexity index is 1080. The van der Waals surface area contributed by atoms with Gasteiger partial charge >= 0.3 is 0 Å². The molecule has 5 rings (SSSR count). The van der Waals surface area contributed by atoms with E-state index in [0.29, 0.717) is 43.7 Å². The number of ether oxygens (including phenoxy) is 1. The van der Waals surface area contributed by atoms with Gasteiger partial charge in [0.1, 0.15) is 5.75 Å². The number of nitrogens with one attached hydrogen (secondary N) is 2. The molecule has 4 atom stereocenters. The number of carbonyl (C=O) groups is 3. The highest BCUT2D eigenvalue weighted by molar-refractivity contribution is 6.03. The number of nitriles is 1. The number of fused-ring (bicyclic) bond motifs is 2. The van der Waals surface area contributed by atoms with E-state index in [4.69, 9.17) is 4.74 Å². The van der Waals surface area contributed by atoms with E-state index in [1.165, 1.54) is 0 Å². The maximum absolute atomic E-state index is 13.4. The average molecular weight is 448 g/mol. The molecule has 1 heterocycles. The number of carbonyl (C=O) groups excluding carboxylic acids is 3. The molecule has 33 heavy (non-hydrogen) atoms. The summed E-state index contributed by atoms with van der Waals surface area (Å²) in [5.74, 6) is 0.792. The molecule has 0 unspecified atom stereocenters. The monoisotopic (exact) mass is 447 g/mol. The van der Waals surface area contributed by atoms with Crippen LogP contribution < -0.4 is 15.4 Å². The fourth-order valence-electron chi connectivity index (χ4n) is 5.80. The van der Waals surface area contributed by atoms with E-state index in [9.17, 15) is 19.6 Å². The number of rotatable bonds is 8. The molecule has 0 radical (unpaired) electrons. The number of amides is 2. The van der Waals surface area contributed by atoms with Gasteiger partial charge in [-0.25, -0.2) is 0 Å². The molecule has 172 valence electrons. The second kappa shape index (κ2) is 8.33. The molecule has 2 N–H and O–H groups in total. The zero-order valence-corrected chi connectivity index (χ0v) is 18.9. The summed E-state index contributed by atoms with van der Waals surface area (Å²) in [6.07, 6.45) is 6.17. The summed E-state index contributed by atoms with van der Waals surface area (Å²) in [4.78, 5) is 38.6. The van der Waals surface area contributed by atoms with Crippen LogP contribution in [0.3, 0.4) is 0 Å². The number of Topliss-reactive ketones (excluding diaryl/α,β-unsaturated/α-hetero) is 1. The van der Waals surface area contributed by atoms with Crippen molar-refractivity contribution < 1.29 is 19.1 Å². The van der Waals surface area contributed by atoms with Gasteiger partial charge in [-0.1, -0.05) is 25.0 Å². The second-order valence-electron chi connectivity index (χ2n) is 10.1. The molecule has 7 nitrogen and oxygen atoms in total. The predicted molar refractivity (Wildman–Crippen MR) is 121 cm³/mol. The van der Waals surface area contributed by atoms with Crippen molar-refractivity contribution in [2.75, 3.05) is 13.7 Å². The maximum Gasteiger partial charge on any atom is 0.248 e. The van der Waals surface area contributed by atoms with Gasteiger partial charge in [-0.15, -0.1) is 0 Å². The standard InChI is InChI=1S/C26H29N3O4/c1-33-23-4-2-3-16-8-17(9-19(16)23)24(31)29-21(7-15-5-6-15)22(30)12-26(14-27)10-18-13-28-25(32)20(18)11-26/h2-4,9,15,18,20-21H,5-8,10-13H2,1H3,(H,28,32)(H,29,31)/t18-,20+,21-,26+/m0/s1. The first-order chi connectivity index (χ1) is 15.9. The molecule has 1 aliphatic heterocycles. The molecule has 2 amide bonds. The number of hydrogen-bond donors (Lipinski definition) is 2. The van der Waals surface area contributed by atoms with E-state index in [1.807, 2.05) is 24.3 Å². The zero-order chi connectivity index (χ0) is 23.2. The van der Waals surface area contributed by atoms with Gasteiger partial charge in [0.05, 0.1) is 24.6 Å². The Kier molecular flexibility index (Phi) is 5.48. The van der Waals surface area contributed by atoms with Crippen molar-refractivity contribution >= 4 is 23.7 Å². The quantitative estimate of drug-likeness (QED) is 0.637. The highest BCUT2D eigenvalue weighted by atomic mass is 16.5. The molecule has 1 aromatic carbocycles. The minimum absolute atomic E-state index is 0.00410. The SMILES string of the molecule is COc1cccc2c1C=C(C(=O)N[C@@H](CC1CC1)C(=O)C[C@@]1(C#N)C[C@H]3CNC(=O)[C@@H]3C1)C2. The summed E-state index contributed by atoms with van der Waals surface area (Å²) in [6.45, 7) is 0.585. The van der Waals surface area contributed by atoms with E-state index in [0.717, 1.165) is 29.7 Å². The maximum atomic E-state index is 13.4. The first-order valence-electron chi connectivity index (χ1n) is 11.8. The van der Waals surface area contributed by atoms with Gasteiger partial charge in [0, 0.05) is 36.4 Å². The van der Waals surface area contributed by atoms with Crippen LogP contribution in [0, 0.1) is 34.5 Å². The van der Waals surface area contributed by atoms with Gasteiger partial charge in [0.25, 0.3) is 0 Å². The van der Waals surface area contributed by atoms with Crippen molar-refractivity contribution in [3.63, 3.8) is 0 Å². The third-order valence-electron chi connectivity index (χ3n) is 7.79. The third kappa shape index (κ3) is 4.15. The average Bonchev–Trinajstić information content (AvgIpc) is 3.25. The Morgan fingerprint density at radius 2 is 2.15 bits per heavy atom. The number of benzene rings is 1. The topological polar surface area (TPSA) is 108 Å². The van der Waals surface area contributed by atoms with Crippen molar-refractivity contribution in [1.29, 1.82) is 5.26 Å². The summed E-state index contributed by atoms with van der Waals surface area (Å²) in [5.41, 5.74) is 1.75. The molecular formula is C26H29N3O4. The van der Waals surface area contributed by atoms with Gasteiger partial charge in [-0.2, -0.15) is 5.26 Å². The predicted octanol–water partition coefficient (Wildman–Crippen LogP) is 2.54. The van der Waals surface area contributed by atoms with Crippen LogP contribution in [0.2, 0.25) is 0 Å². The highest BCUT2D eigenvalue weighted by Crippen LogP contribution is 2.49. The number of hydrogen-bond acceptors (Lipinski definition) is 5. The molecule has 0 bridgehead atoms. The summed E-state index contributed by atoms with van der Waals surface area (Å²) >= 11 is 0. The number of ketones is 1. The normalized spacial score (nSPS) is 28.2. The van der Waals surface area contributed by atoms with Gasteiger partial charge in [0.15, 0.2) is 5.78 Å². The molecule has 1 aromatic rings. The summed E-state index contributed by atoms with van der Waals surface area (Å²) in [5, 5.41) is 15.8. The lowest BCUT2D eigenvalue weighted by Gasteiger charge is -2.25. The van der Waals surface area contributed by atoms with E-state index in [-0.39, 0.29) is 35.9 Å². The Morgan fingerprint density at radius 3 is 2.85 bits per heavy atom. The smallest absolute Gasteiger partial charge is 0.248 e. The Labute approximate surface area is 193 Å². The molecule has 7 heteroatoms. The van der Waals surface area contributed by atoms with Crippen LogP contribution in [-0.4, -0.2) is 37.3 Å². The molecule has 0 aromatic heterocycles. The van der Waals surface area contributed by atoms with Crippen LogP contribution in [0.5, 0.6) is 5.75 Å². The molecule has 4 aliphatic rings. The molecular weight excluding hydrogens is 418 g/mol. The fraction of sp³-hybridized carbons (Fsp3) is 0.538. The van der Waals surface area contributed by atoms with Crippen molar-refractivity contribution in [1.82, 2.24) is 10.6 Å². The molecule has 1 saturated heterocycles. The van der Waals surface area contributed by atoms with E-state index >= 15 is 0 Å². The minimum atomic E-state index is -0.813. The summed E-state index contributed by atoms with van der Waals surface area (Å²) < 4.78 is 5.41. The first-order valence-corrected chi connectivity index (χ1v) is 11.8. The summed E-state index contributed by atoms with van der Waals surface area (Å²) in [6, 6.07) is 7.53. The van der Waals surface area contributed by atoms with Crippen LogP contribution in [0.25, 0.3) is 6.08 Å². The molecule has 0 spiro atoms. The van der Waals surface area contributed by atoms with Crippen molar-refractivity contribution in [3.05, 3.63) is 34.9 Å². The zero-order valence-electron chi connectivity index (χ0n) is 18.9. The van der Waals surface area contributed by atoms with E-state index in [2.05, 4.69) is 16.7 Å². The largest absolute Gasteiger partial charge is 0.496 e. The van der Waals surface area contributed by atoms with E-state index < -0.39 is 11.5 Å². The number of nitrogens with zero attached hydrogens (tertiary/aromatic N) is 1. The minimum Gasteiger partial charge on any atom is -0.496 e. The van der Waals surface area contributed by atoms with Crippen LogP contribution in [0.1, 0.15) is 49.7 Å². The fourth-order valence-corrected chi connectivity index (χ4v) is 5.80. The highest BCUT2D eigenvalue weighted by Gasteiger charge is 2.52. The lowest BCUT2D eigenvalue weighted by molar-refractivity contribution is -0.127. The lowest BCUT2D eigenvalue weighted by Crippen LogP contribution is -2.43. The Balaban J connectivity index is 1.29. The van der Waals surface area contributed by atoms with Crippen LogP contribution in [-0.2, 0) is 20.8 Å². The van der Waals surface area contributed by atoms with E-state index in [1.54, 1.807) is 7.11 Å². The number of methoxy groups -OCH3 is 1. The Morgan fingerprint density at radius 1 is 1.33 bits per heavy atom. The van der Waals surface area contributed by atoms with Crippen molar-refractivity contribution in [2.45, 2.75) is 51.0 Å². The third-order valence-corrected chi connectivity index (χ3v) is 7.79. The van der Waals surface area contributed by atoms with Gasteiger partial charge < -0.3 is 15.4 Å². The molecule has 2 saturated carbocycles.